The van der Waals surface area contributed by atoms with Crippen LogP contribution in [0.5, 0.6) is 11.5 Å². The molecule has 0 aliphatic heterocycles. The number of halogens is 3. The Balaban J connectivity index is 1.50. The van der Waals surface area contributed by atoms with E-state index in [1.165, 1.54) is 25.1 Å². The van der Waals surface area contributed by atoms with E-state index in [0.717, 1.165) is 24.3 Å². The fourth-order valence-corrected chi connectivity index (χ4v) is 7.17. The minimum absolute atomic E-state index is 0.00569. The van der Waals surface area contributed by atoms with Gasteiger partial charge >= 0.3 is 12.4 Å². The second kappa shape index (κ2) is 11.9. The van der Waals surface area contributed by atoms with Crippen LogP contribution in [0.1, 0.15) is 22.3 Å². The second-order valence-electron chi connectivity index (χ2n) is 12.5. The number of anilines is 3. The minimum Gasteiger partial charge on any atom is -0.505 e. The van der Waals surface area contributed by atoms with E-state index in [4.69, 9.17) is 5.73 Å². The summed E-state index contributed by atoms with van der Waals surface area (Å²) in [6.45, 7) is 0. The molecule has 0 aromatic heterocycles. The van der Waals surface area contributed by atoms with Crippen LogP contribution in [0.2, 0.25) is 0 Å². The van der Waals surface area contributed by atoms with Crippen molar-refractivity contribution in [3.05, 3.63) is 41.5 Å². The molecule has 17 heteroatoms. The number of nitrogens with one attached hydrogen (secondary N) is 2. The van der Waals surface area contributed by atoms with Crippen LogP contribution < -0.4 is 26.0 Å². The van der Waals surface area contributed by atoms with Crippen molar-refractivity contribution < 1.29 is 56.9 Å². The first-order valence-corrected chi connectivity index (χ1v) is 14.6. The first kappa shape index (κ1) is 34.3. The number of carbonyl (C=O) groups excluding carboxylic acids is 6. The molecule has 0 spiro atoms. The summed E-state index contributed by atoms with van der Waals surface area (Å²) in [5.41, 5.74) is 2.60. The number of Topliss-reactive ketones (excluding diaryl/α,β-unsaturated/α-hetero) is 4. The molecule has 0 saturated heterocycles. The van der Waals surface area contributed by atoms with Gasteiger partial charge in [-0.05, 0) is 68.8 Å². The number of likely N-dealkylation sites (N-methyl/N-ethyl adjacent to an activating group) is 1. The molecule has 2 fully saturated rings. The van der Waals surface area contributed by atoms with Crippen molar-refractivity contribution in [1.82, 2.24) is 4.90 Å². The molecular formula is C31H32F3N5O9. The van der Waals surface area contributed by atoms with Gasteiger partial charge in [-0.15, -0.1) is 13.2 Å². The normalized spacial score (nSPS) is 26.7. The zero-order valence-corrected chi connectivity index (χ0v) is 26.0. The van der Waals surface area contributed by atoms with E-state index in [-0.39, 0.29) is 29.8 Å². The van der Waals surface area contributed by atoms with Gasteiger partial charge in [-0.2, -0.15) is 0 Å². The Hall–Kier alpha value is -5.03. The third-order valence-electron chi connectivity index (χ3n) is 9.11. The molecule has 3 aliphatic carbocycles. The molecule has 5 rings (SSSR count). The molecule has 3 aliphatic rings. The Bertz CT molecular complexity index is 1740. The highest BCUT2D eigenvalue weighted by atomic mass is 19.4. The van der Waals surface area contributed by atoms with E-state index in [1.807, 2.05) is 0 Å². The van der Waals surface area contributed by atoms with Gasteiger partial charge in [0, 0.05) is 31.4 Å². The summed E-state index contributed by atoms with van der Waals surface area (Å²) < 4.78 is 41.2. The van der Waals surface area contributed by atoms with Crippen molar-refractivity contribution in [1.29, 1.82) is 0 Å². The molecule has 0 bridgehead atoms. The number of hydrogen-bond donors (Lipinski definition) is 5. The summed E-state index contributed by atoms with van der Waals surface area (Å²) in [4.78, 5) is 82.9. The quantitative estimate of drug-likeness (QED) is 0.219. The molecule has 0 radical (unpaired) electrons. The lowest BCUT2D eigenvalue weighted by molar-refractivity contribution is -0.274. The average Bonchev–Trinajstić information content (AvgIpc) is 2.96. The lowest BCUT2D eigenvalue weighted by atomic mass is 9.52. The minimum atomic E-state index is -4.91. The van der Waals surface area contributed by atoms with Crippen LogP contribution in [0.25, 0.3) is 0 Å². The van der Waals surface area contributed by atoms with Crippen LogP contribution in [-0.4, -0.2) is 96.4 Å². The van der Waals surface area contributed by atoms with Crippen molar-refractivity contribution in [2.24, 2.45) is 29.4 Å². The van der Waals surface area contributed by atoms with E-state index in [2.05, 4.69) is 15.4 Å². The number of hydrogen-bond acceptors (Lipinski definition) is 11. The molecule has 6 N–H and O–H groups in total. The van der Waals surface area contributed by atoms with Crippen LogP contribution in [0, 0.1) is 23.7 Å². The number of phenolic OH excluding ortho intramolecular Hbond substituents is 1. The van der Waals surface area contributed by atoms with E-state index >= 15 is 0 Å². The smallest absolute Gasteiger partial charge is 0.505 e. The number of primary amides is 1. The summed E-state index contributed by atoms with van der Waals surface area (Å²) in [5.74, 6) is -12.8. The number of fused-ring (bicyclic) bond motifs is 3. The third kappa shape index (κ3) is 5.61. The van der Waals surface area contributed by atoms with Gasteiger partial charge in [-0.1, -0.05) is 0 Å². The first-order chi connectivity index (χ1) is 22.3. The Morgan fingerprint density at radius 1 is 1.02 bits per heavy atom. The highest BCUT2D eigenvalue weighted by molar-refractivity contribution is 6.32. The number of aromatic hydroxyl groups is 1. The standard InChI is InChI=1S/C31H32F3N5O9/c1-38(2)18-11-17(37-29(46)36-13-5-7-14(8-6-13)48-31(32,33)34)23(40)20-15(18)9-12-10-16-22(39(3)4)25(42)21(28(35)45)27(44)30(16,47)26(43)19(12)24(20)41/h5-8,11-12,16,19,21-22,40,47H,9-10H2,1-4H3,(H2,35,45)(H2,36,37,46)/t12-,16-,19?,21?,22-,30-/m1/s1. The maximum Gasteiger partial charge on any atom is 0.573 e. The average molecular weight is 676 g/mol. The number of ether oxygens (including phenoxy) is 1. The van der Waals surface area contributed by atoms with Gasteiger partial charge in [0.25, 0.3) is 0 Å². The van der Waals surface area contributed by atoms with Gasteiger partial charge in [0.2, 0.25) is 5.91 Å². The zero-order chi connectivity index (χ0) is 35.6. The number of carbonyl (C=O) groups is 6. The Morgan fingerprint density at radius 3 is 2.19 bits per heavy atom. The first-order valence-electron chi connectivity index (χ1n) is 14.6. The van der Waals surface area contributed by atoms with E-state index in [0.29, 0.717) is 11.3 Å². The second-order valence-corrected chi connectivity index (χ2v) is 12.5. The SMILES string of the molecule is CN(C)c1cc(NC(=O)Nc2ccc(OC(F)(F)F)cc2)c(O)c2c1C[C@@H]1C[C@@H]3[C@@H](N(C)C)C(=O)C(C(N)=O)C(=O)[C@]3(O)C(=O)C1C2=O. The van der Waals surface area contributed by atoms with Gasteiger partial charge in [0.1, 0.15) is 11.5 Å². The third-order valence-corrected chi connectivity index (χ3v) is 9.11. The maximum atomic E-state index is 14.1. The Kier molecular flexibility index (Phi) is 8.50. The summed E-state index contributed by atoms with van der Waals surface area (Å²) in [6, 6.07) is 3.41. The molecule has 3 amide bonds. The van der Waals surface area contributed by atoms with Crippen LogP contribution >= 0.6 is 0 Å². The number of nitrogens with zero attached hydrogens (tertiary/aromatic N) is 2. The summed E-state index contributed by atoms with van der Waals surface area (Å²) in [6.07, 6.45) is -5.04. The van der Waals surface area contributed by atoms with Crippen molar-refractivity contribution in [2.75, 3.05) is 43.7 Å². The van der Waals surface area contributed by atoms with E-state index in [1.54, 1.807) is 19.0 Å². The fraction of sp³-hybridized carbons (Fsp3) is 0.419. The molecule has 6 atom stereocenters. The lowest BCUT2D eigenvalue weighted by Gasteiger charge is -2.52. The van der Waals surface area contributed by atoms with Gasteiger partial charge in [-0.25, -0.2) is 4.79 Å². The van der Waals surface area contributed by atoms with Gasteiger partial charge in [-0.3, -0.25) is 28.9 Å². The molecule has 14 nitrogen and oxygen atoms in total. The molecule has 2 unspecified atom stereocenters. The molecule has 2 saturated carbocycles. The number of phenols is 1. The zero-order valence-electron chi connectivity index (χ0n) is 26.0. The molecule has 0 heterocycles. The summed E-state index contributed by atoms with van der Waals surface area (Å²) in [7, 11) is 6.23. The summed E-state index contributed by atoms with van der Waals surface area (Å²) >= 11 is 0. The number of amides is 3. The van der Waals surface area contributed by atoms with Crippen molar-refractivity contribution in [2.45, 2.75) is 30.8 Å². The number of alkyl halides is 3. The van der Waals surface area contributed by atoms with Gasteiger partial charge < -0.3 is 36.2 Å². The lowest BCUT2D eigenvalue weighted by Crippen LogP contribution is -2.74. The highest BCUT2D eigenvalue weighted by Gasteiger charge is 2.69. The van der Waals surface area contributed by atoms with Crippen LogP contribution in [0.3, 0.4) is 0 Å². The van der Waals surface area contributed by atoms with Crippen molar-refractivity contribution >= 4 is 52.1 Å². The predicted octanol–water partition coefficient (Wildman–Crippen LogP) is 1.48. The molecular weight excluding hydrogens is 643 g/mol. The predicted molar refractivity (Wildman–Crippen MR) is 161 cm³/mol. The maximum absolute atomic E-state index is 14.1. The number of benzene rings is 2. The van der Waals surface area contributed by atoms with Gasteiger partial charge in [0.05, 0.1) is 23.2 Å². The Labute approximate surface area is 271 Å². The number of rotatable bonds is 6. The molecule has 256 valence electrons. The van der Waals surface area contributed by atoms with E-state index in [9.17, 15) is 52.2 Å². The van der Waals surface area contributed by atoms with Crippen molar-refractivity contribution in [3.8, 4) is 11.5 Å². The molecule has 48 heavy (non-hydrogen) atoms. The number of nitrogens with two attached hydrogens (primary N) is 1. The molecule has 2 aromatic rings. The number of aliphatic hydroxyl groups is 1. The van der Waals surface area contributed by atoms with Gasteiger partial charge in [0.15, 0.2) is 34.7 Å². The summed E-state index contributed by atoms with van der Waals surface area (Å²) in [5, 5.41) is 27.8. The van der Waals surface area contributed by atoms with Crippen LogP contribution in [-0.2, 0) is 25.6 Å². The highest BCUT2D eigenvalue weighted by Crippen LogP contribution is 2.52. The van der Waals surface area contributed by atoms with Crippen LogP contribution in [0.15, 0.2) is 30.3 Å². The van der Waals surface area contributed by atoms with Crippen molar-refractivity contribution in [3.63, 3.8) is 0 Å². The number of ketones is 4. The monoisotopic (exact) mass is 675 g/mol. The fourth-order valence-electron chi connectivity index (χ4n) is 7.17. The van der Waals surface area contributed by atoms with E-state index < -0.39 is 88.2 Å². The number of urea groups is 1. The topological polar surface area (TPSA) is 209 Å². The Morgan fingerprint density at radius 2 is 1.65 bits per heavy atom. The molecule has 2 aromatic carbocycles. The largest absolute Gasteiger partial charge is 0.573 e. The van der Waals surface area contributed by atoms with Crippen LogP contribution in [0.4, 0.5) is 35.0 Å².